The van der Waals surface area contributed by atoms with E-state index in [4.69, 9.17) is 9.15 Å². The molecule has 0 N–H and O–H groups in total. The number of esters is 1. The number of fused-ring (bicyclic) bond motifs is 3. The lowest BCUT2D eigenvalue weighted by Crippen LogP contribution is -2.08. The lowest BCUT2D eigenvalue weighted by atomic mass is 10.0. The predicted octanol–water partition coefficient (Wildman–Crippen LogP) is 4.62. The van der Waals surface area contributed by atoms with E-state index in [9.17, 15) is 9.59 Å². The van der Waals surface area contributed by atoms with Crippen LogP contribution in [0.2, 0.25) is 0 Å². The fourth-order valence-electron chi connectivity index (χ4n) is 3.26. The van der Waals surface area contributed by atoms with Crippen molar-refractivity contribution in [3.8, 4) is 0 Å². The van der Waals surface area contributed by atoms with Crippen molar-refractivity contribution in [1.82, 2.24) is 0 Å². The highest BCUT2D eigenvalue weighted by Gasteiger charge is 2.12. The molecule has 0 radical (unpaired) electrons. The van der Waals surface area contributed by atoms with Crippen molar-refractivity contribution >= 4 is 27.7 Å². The van der Waals surface area contributed by atoms with Crippen molar-refractivity contribution in [2.24, 2.45) is 0 Å². The smallest absolute Gasteiger partial charge is 0.336 e. The van der Waals surface area contributed by atoms with Gasteiger partial charge in [0.15, 0.2) is 0 Å². The summed E-state index contributed by atoms with van der Waals surface area (Å²) < 4.78 is 10.8. The summed E-state index contributed by atoms with van der Waals surface area (Å²) in [7, 11) is 0. The van der Waals surface area contributed by atoms with E-state index in [1.807, 2.05) is 60.7 Å². The second-order valence-corrected chi connectivity index (χ2v) is 6.40. The van der Waals surface area contributed by atoms with E-state index >= 15 is 0 Å². The van der Waals surface area contributed by atoms with Crippen LogP contribution < -0.4 is 5.63 Å². The molecule has 4 aromatic rings. The van der Waals surface area contributed by atoms with Crippen molar-refractivity contribution < 1.29 is 13.9 Å². The molecule has 0 saturated heterocycles. The van der Waals surface area contributed by atoms with Crippen LogP contribution in [0.25, 0.3) is 21.7 Å². The third-order valence-electron chi connectivity index (χ3n) is 4.56. The van der Waals surface area contributed by atoms with Crippen LogP contribution in [0.3, 0.4) is 0 Å². The lowest BCUT2D eigenvalue weighted by Gasteiger charge is -2.09. The van der Waals surface area contributed by atoms with Crippen LogP contribution in [-0.2, 0) is 22.6 Å². The summed E-state index contributed by atoms with van der Waals surface area (Å²) in [6.07, 6.45) is 0.921. The Hall–Kier alpha value is -3.40. The molecule has 1 aromatic heterocycles. The van der Waals surface area contributed by atoms with Gasteiger partial charge in [-0.1, -0.05) is 60.7 Å². The zero-order valence-corrected chi connectivity index (χ0v) is 14.7. The van der Waals surface area contributed by atoms with Gasteiger partial charge in [0.05, 0.1) is 0 Å². The number of carbonyl (C=O) groups excluding carboxylic acids is 1. The summed E-state index contributed by atoms with van der Waals surface area (Å²) in [4.78, 5) is 24.0. The maximum absolute atomic E-state index is 12.2. The first-order valence-corrected chi connectivity index (χ1v) is 8.85. The Morgan fingerprint density at radius 3 is 2.56 bits per heavy atom. The Morgan fingerprint density at radius 2 is 1.70 bits per heavy atom. The van der Waals surface area contributed by atoms with Crippen LogP contribution in [0.1, 0.15) is 17.5 Å². The number of rotatable bonds is 5. The Labute approximate surface area is 156 Å². The van der Waals surface area contributed by atoms with Gasteiger partial charge in [-0.2, -0.15) is 0 Å². The molecule has 3 aromatic carbocycles. The summed E-state index contributed by atoms with van der Waals surface area (Å²) in [5.74, 6) is -0.291. The molecule has 0 aliphatic heterocycles. The second kappa shape index (κ2) is 7.46. The molecule has 0 atom stereocenters. The Morgan fingerprint density at radius 1 is 0.926 bits per heavy atom. The Balaban J connectivity index is 1.57. The molecule has 27 heavy (non-hydrogen) atoms. The first-order chi connectivity index (χ1) is 13.2. The minimum atomic E-state index is -0.451. The number of ether oxygens (including phenoxy) is 1. The van der Waals surface area contributed by atoms with Gasteiger partial charge in [0.25, 0.3) is 0 Å². The van der Waals surface area contributed by atoms with Gasteiger partial charge >= 0.3 is 11.6 Å². The van der Waals surface area contributed by atoms with Crippen molar-refractivity contribution in [2.75, 3.05) is 0 Å². The molecule has 0 spiro atoms. The van der Waals surface area contributed by atoms with Crippen molar-refractivity contribution in [2.45, 2.75) is 19.4 Å². The average molecular weight is 358 g/mol. The van der Waals surface area contributed by atoms with Gasteiger partial charge in [-0.15, -0.1) is 0 Å². The minimum absolute atomic E-state index is 0.0454. The molecule has 1 heterocycles. The van der Waals surface area contributed by atoms with E-state index < -0.39 is 5.63 Å². The van der Waals surface area contributed by atoms with Crippen LogP contribution in [0.15, 0.2) is 82.0 Å². The van der Waals surface area contributed by atoms with Gasteiger partial charge in [0.2, 0.25) is 0 Å². The number of hydrogen-bond donors (Lipinski definition) is 0. The SMILES string of the molecule is O=C(CCc1ccccc1)OCc1cc(=O)oc2ccc3ccccc3c12. The standard InChI is InChI=1S/C23H18O4/c24-21(13-10-16-6-2-1-3-7-16)26-15-18-14-22(25)27-20-12-11-17-8-4-5-9-19(17)23(18)20/h1-9,11-12,14H,10,13,15H2. The van der Waals surface area contributed by atoms with Crippen LogP contribution in [0.4, 0.5) is 0 Å². The molecule has 0 saturated carbocycles. The molecule has 4 heteroatoms. The summed E-state index contributed by atoms with van der Waals surface area (Å²) in [6.45, 7) is 0.0454. The molecular weight excluding hydrogens is 340 g/mol. The van der Waals surface area contributed by atoms with Crippen LogP contribution in [0.5, 0.6) is 0 Å². The fraction of sp³-hybridized carbons (Fsp3) is 0.130. The number of aryl methyl sites for hydroxylation is 1. The van der Waals surface area contributed by atoms with Crippen LogP contribution >= 0.6 is 0 Å². The summed E-state index contributed by atoms with van der Waals surface area (Å²) in [5, 5.41) is 2.81. The van der Waals surface area contributed by atoms with Gasteiger partial charge in [-0.25, -0.2) is 4.79 Å². The highest BCUT2D eigenvalue weighted by atomic mass is 16.5. The lowest BCUT2D eigenvalue weighted by molar-refractivity contribution is -0.144. The first kappa shape index (κ1) is 17.0. The van der Waals surface area contributed by atoms with Crippen molar-refractivity contribution in [1.29, 1.82) is 0 Å². The highest BCUT2D eigenvalue weighted by molar-refractivity contribution is 6.07. The van der Waals surface area contributed by atoms with Gasteiger partial charge in [-0.3, -0.25) is 4.79 Å². The van der Waals surface area contributed by atoms with Gasteiger partial charge in [0.1, 0.15) is 12.2 Å². The monoisotopic (exact) mass is 358 g/mol. The van der Waals surface area contributed by atoms with E-state index in [1.54, 1.807) is 6.07 Å². The van der Waals surface area contributed by atoms with E-state index in [-0.39, 0.29) is 12.6 Å². The molecule has 0 amide bonds. The molecule has 4 nitrogen and oxygen atoms in total. The Kier molecular flexibility index (Phi) is 4.71. The molecule has 0 bridgehead atoms. The maximum atomic E-state index is 12.2. The van der Waals surface area contributed by atoms with E-state index in [0.29, 0.717) is 24.0 Å². The van der Waals surface area contributed by atoms with Crippen molar-refractivity contribution in [3.05, 3.63) is 94.3 Å². The molecule has 134 valence electrons. The third-order valence-corrected chi connectivity index (χ3v) is 4.56. The van der Waals surface area contributed by atoms with E-state index in [0.717, 1.165) is 21.7 Å². The van der Waals surface area contributed by atoms with E-state index in [2.05, 4.69) is 0 Å². The summed E-state index contributed by atoms with van der Waals surface area (Å²) in [6, 6.07) is 22.7. The predicted molar refractivity (Wildman–Crippen MR) is 105 cm³/mol. The van der Waals surface area contributed by atoms with Crippen molar-refractivity contribution in [3.63, 3.8) is 0 Å². The molecular formula is C23H18O4. The minimum Gasteiger partial charge on any atom is -0.461 e. The summed E-state index contributed by atoms with van der Waals surface area (Å²) in [5.41, 5.74) is 1.79. The molecule has 0 aliphatic rings. The zero-order chi connectivity index (χ0) is 18.6. The number of carbonyl (C=O) groups is 1. The fourth-order valence-corrected chi connectivity index (χ4v) is 3.26. The maximum Gasteiger partial charge on any atom is 0.336 e. The second-order valence-electron chi connectivity index (χ2n) is 6.40. The number of benzene rings is 3. The zero-order valence-electron chi connectivity index (χ0n) is 14.7. The molecule has 0 aliphatic carbocycles. The van der Waals surface area contributed by atoms with E-state index in [1.165, 1.54) is 6.07 Å². The quantitative estimate of drug-likeness (QED) is 0.297. The number of hydrogen-bond acceptors (Lipinski definition) is 4. The van der Waals surface area contributed by atoms with Gasteiger partial charge in [0, 0.05) is 23.4 Å². The normalized spacial score (nSPS) is 11.0. The van der Waals surface area contributed by atoms with Crippen LogP contribution in [-0.4, -0.2) is 5.97 Å². The molecule has 0 fully saturated rings. The Bertz CT molecular complexity index is 1160. The third kappa shape index (κ3) is 3.75. The highest BCUT2D eigenvalue weighted by Crippen LogP contribution is 2.27. The molecule has 4 rings (SSSR count). The van der Waals surface area contributed by atoms with Gasteiger partial charge < -0.3 is 9.15 Å². The topological polar surface area (TPSA) is 56.5 Å². The summed E-state index contributed by atoms with van der Waals surface area (Å²) >= 11 is 0. The average Bonchev–Trinajstić information content (AvgIpc) is 2.70. The first-order valence-electron chi connectivity index (χ1n) is 8.85. The largest absolute Gasteiger partial charge is 0.461 e. The van der Waals surface area contributed by atoms with Gasteiger partial charge in [-0.05, 0) is 28.8 Å². The van der Waals surface area contributed by atoms with Crippen LogP contribution in [0, 0.1) is 0 Å². The molecule has 0 unspecified atom stereocenters.